The predicted molar refractivity (Wildman–Crippen MR) is 124 cm³/mol. The smallest absolute Gasteiger partial charge is 0.322 e. The molecule has 0 saturated carbocycles. The minimum Gasteiger partial charge on any atom is -0.480 e. The van der Waals surface area contributed by atoms with Crippen molar-refractivity contribution >= 4 is 56.6 Å². The van der Waals surface area contributed by atoms with Crippen LogP contribution in [0.4, 0.5) is 5.69 Å². The zero-order chi connectivity index (χ0) is 24.2. The molecular formula is C22H16Cl2N2O6S. The SMILES string of the molecule is O=C(O)CNC(=O)c1ccc(S(=O)(=O)Nc2ccccc2C(=O)c2ccc(Cl)cc2Cl)cc1. The second-order valence-electron chi connectivity index (χ2n) is 6.71. The Morgan fingerprint density at radius 2 is 1.55 bits per heavy atom. The minimum absolute atomic E-state index is 0.0387. The van der Waals surface area contributed by atoms with Crippen LogP contribution in [0.3, 0.4) is 0 Å². The van der Waals surface area contributed by atoms with Gasteiger partial charge in [0.25, 0.3) is 15.9 Å². The van der Waals surface area contributed by atoms with Gasteiger partial charge < -0.3 is 10.4 Å². The highest BCUT2D eigenvalue weighted by atomic mass is 35.5. The molecule has 0 radical (unpaired) electrons. The van der Waals surface area contributed by atoms with Gasteiger partial charge in [-0.15, -0.1) is 0 Å². The van der Waals surface area contributed by atoms with Crippen LogP contribution >= 0.6 is 23.2 Å². The summed E-state index contributed by atoms with van der Waals surface area (Å²) in [6.07, 6.45) is 0. The third-order valence-electron chi connectivity index (χ3n) is 4.42. The third kappa shape index (κ3) is 5.89. The molecule has 0 aromatic heterocycles. The highest BCUT2D eigenvalue weighted by Gasteiger charge is 2.21. The standard InChI is InChI=1S/C22H16Cl2N2O6S/c23-14-7-10-16(18(24)11-14)21(29)17-3-1-2-4-19(17)26-33(31,32)15-8-5-13(6-9-15)22(30)25-12-20(27)28/h1-11,26H,12H2,(H,25,30)(H,27,28). The summed E-state index contributed by atoms with van der Waals surface area (Å²) in [5.74, 6) is -2.37. The van der Waals surface area contributed by atoms with Crippen molar-refractivity contribution in [3.05, 3.63) is 93.5 Å². The Kier molecular flexibility index (Phi) is 7.37. The number of carbonyl (C=O) groups excluding carboxylic acids is 2. The van der Waals surface area contributed by atoms with Gasteiger partial charge in [0.15, 0.2) is 5.78 Å². The van der Waals surface area contributed by atoms with Crippen molar-refractivity contribution in [1.82, 2.24) is 5.32 Å². The molecule has 8 nitrogen and oxygen atoms in total. The number of carboxylic acids is 1. The molecule has 0 unspecified atom stereocenters. The molecule has 0 aliphatic heterocycles. The van der Waals surface area contributed by atoms with E-state index in [0.29, 0.717) is 5.02 Å². The summed E-state index contributed by atoms with van der Waals surface area (Å²) in [5.41, 5.74) is 0.361. The topological polar surface area (TPSA) is 130 Å². The average molecular weight is 507 g/mol. The van der Waals surface area contributed by atoms with Gasteiger partial charge in [0, 0.05) is 21.7 Å². The number of carbonyl (C=O) groups is 3. The number of ketones is 1. The van der Waals surface area contributed by atoms with Crippen molar-refractivity contribution in [1.29, 1.82) is 0 Å². The molecule has 0 atom stereocenters. The summed E-state index contributed by atoms with van der Waals surface area (Å²) in [6.45, 7) is -0.567. The van der Waals surface area contributed by atoms with Crippen LogP contribution in [0.15, 0.2) is 71.6 Å². The van der Waals surface area contributed by atoms with E-state index in [0.717, 1.165) is 0 Å². The minimum atomic E-state index is -4.12. The van der Waals surface area contributed by atoms with Crippen LogP contribution in [0.25, 0.3) is 0 Å². The molecule has 3 rings (SSSR count). The second kappa shape index (κ2) is 10.0. The van der Waals surface area contributed by atoms with Gasteiger partial charge in [-0.25, -0.2) is 8.42 Å². The summed E-state index contributed by atoms with van der Waals surface area (Å²) in [4.78, 5) is 35.3. The van der Waals surface area contributed by atoms with E-state index in [1.165, 1.54) is 54.6 Å². The number of aliphatic carboxylic acids is 1. The molecule has 0 saturated heterocycles. The quantitative estimate of drug-likeness (QED) is 0.398. The van der Waals surface area contributed by atoms with Gasteiger partial charge in [0.1, 0.15) is 6.54 Å². The lowest BCUT2D eigenvalue weighted by Gasteiger charge is -2.13. The van der Waals surface area contributed by atoms with Gasteiger partial charge in [0.05, 0.1) is 15.6 Å². The Balaban J connectivity index is 1.85. The van der Waals surface area contributed by atoms with E-state index >= 15 is 0 Å². The van der Waals surface area contributed by atoms with Gasteiger partial charge in [0.2, 0.25) is 0 Å². The maximum absolute atomic E-state index is 13.0. The summed E-state index contributed by atoms with van der Waals surface area (Å²) in [7, 11) is -4.12. The first-order chi connectivity index (χ1) is 15.6. The molecule has 3 N–H and O–H groups in total. The van der Waals surface area contributed by atoms with E-state index in [1.807, 2.05) is 0 Å². The molecule has 0 heterocycles. The highest BCUT2D eigenvalue weighted by molar-refractivity contribution is 7.92. The molecule has 33 heavy (non-hydrogen) atoms. The Morgan fingerprint density at radius 1 is 0.879 bits per heavy atom. The van der Waals surface area contributed by atoms with E-state index in [-0.39, 0.29) is 32.3 Å². The maximum atomic E-state index is 13.0. The van der Waals surface area contributed by atoms with E-state index in [4.69, 9.17) is 28.3 Å². The molecule has 1 amide bonds. The van der Waals surface area contributed by atoms with Crippen molar-refractivity contribution in [2.24, 2.45) is 0 Å². The number of hydrogen-bond acceptors (Lipinski definition) is 5. The molecule has 3 aromatic carbocycles. The van der Waals surface area contributed by atoms with E-state index < -0.39 is 34.2 Å². The summed E-state index contributed by atoms with van der Waals surface area (Å²) >= 11 is 12.0. The number of sulfonamides is 1. The number of benzene rings is 3. The van der Waals surface area contributed by atoms with Gasteiger partial charge in [-0.05, 0) is 54.6 Å². The fraction of sp³-hybridized carbons (Fsp3) is 0.0455. The van der Waals surface area contributed by atoms with Gasteiger partial charge in [-0.2, -0.15) is 0 Å². The molecule has 170 valence electrons. The van der Waals surface area contributed by atoms with Crippen LogP contribution in [0, 0.1) is 0 Å². The predicted octanol–water partition coefficient (Wildman–Crippen LogP) is 3.84. The van der Waals surface area contributed by atoms with Crippen LogP contribution in [0.5, 0.6) is 0 Å². The Morgan fingerprint density at radius 3 is 2.18 bits per heavy atom. The monoisotopic (exact) mass is 506 g/mol. The lowest BCUT2D eigenvalue weighted by molar-refractivity contribution is -0.135. The fourth-order valence-electron chi connectivity index (χ4n) is 2.84. The summed E-state index contributed by atoms with van der Waals surface area (Å²) in [6, 6.07) is 15.3. The number of nitrogens with one attached hydrogen (secondary N) is 2. The van der Waals surface area contributed by atoms with E-state index in [9.17, 15) is 22.8 Å². The number of carboxylic acid groups (broad SMARTS) is 1. The zero-order valence-corrected chi connectivity index (χ0v) is 19.0. The number of hydrogen-bond donors (Lipinski definition) is 3. The molecule has 0 spiro atoms. The van der Waals surface area contributed by atoms with Crippen molar-refractivity contribution in [3.8, 4) is 0 Å². The van der Waals surface area contributed by atoms with Crippen molar-refractivity contribution in [2.45, 2.75) is 4.90 Å². The van der Waals surface area contributed by atoms with E-state index in [1.54, 1.807) is 12.1 Å². The van der Waals surface area contributed by atoms with Crippen molar-refractivity contribution < 1.29 is 27.9 Å². The summed E-state index contributed by atoms with van der Waals surface area (Å²) in [5, 5.41) is 11.3. The fourth-order valence-corrected chi connectivity index (χ4v) is 4.41. The molecule has 0 bridgehead atoms. The van der Waals surface area contributed by atoms with E-state index in [2.05, 4.69) is 10.0 Å². The molecule has 0 aliphatic rings. The Hall–Kier alpha value is -3.40. The molecular weight excluding hydrogens is 491 g/mol. The number of rotatable bonds is 8. The number of para-hydroxylation sites is 1. The first-order valence-electron chi connectivity index (χ1n) is 9.30. The van der Waals surface area contributed by atoms with Crippen LogP contribution in [-0.2, 0) is 14.8 Å². The molecule has 3 aromatic rings. The van der Waals surface area contributed by atoms with Gasteiger partial charge >= 0.3 is 5.97 Å². The van der Waals surface area contributed by atoms with Crippen molar-refractivity contribution in [2.75, 3.05) is 11.3 Å². The Bertz CT molecular complexity index is 1340. The molecule has 0 fully saturated rings. The van der Waals surface area contributed by atoms with Gasteiger partial charge in [-0.3, -0.25) is 19.1 Å². The number of amides is 1. The van der Waals surface area contributed by atoms with Gasteiger partial charge in [-0.1, -0.05) is 35.3 Å². The zero-order valence-electron chi connectivity index (χ0n) is 16.7. The largest absolute Gasteiger partial charge is 0.480 e. The number of halogens is 2. The van der Waals surface area contributed by atoms with Crippen LogP contribution in [-0.4, -0.2) is 37.7 Å². The lowest BCUT2D eigenvalue weighted by atomic mass is 10.0. The highest BCUT2D eigenvalue weighted by Crippen LogP contribution is 2.27. The molecule has 0 aliphatic carbocycles. The second-order valence-corrected chi connectivity index (χ2v) is 9.23. The van der Waals surface area contributed by atoms with Crippen molar-refractivity contribution in [3.63, 3.8) is 0 Å². The Labute approximate surface area is 199 Å². The van der Waals surface area contributed by atoms with Crippen LogP contribution in [0.2, 0.25) is 10.0 Å². The summed E-state index contributed by atoms with van der Waals surface area (Å²) < 4.78 is 28.1. The lowest BCUT2D eigenvalue weighted by Crippen LogP contribution is -2.29. The van der Waals surface area contributed by atoms with Crippen LogP contribution < -0.4 is 10.0 Å². The first kappa shape index (κ1) is 24.2. The van der Waals surface area contributed by atoms with Crippen LogP contribution in [0.1, 0.15) is 26.3 Å². The third-order valence-corrected chi connectivity index (χ3v) is 6.35. The maximum Gasteiger partial charge on any atom is 0.322 e. The normalized spacial score (nSPS) is 11.0. The number of anilines is 1. The molecule has 11 heteroatoms. The first-order valence-corrected chi connectivity index (χ1v) is 11.5. The average Bonchev–Trinajstić information content (AvgIpc) is 2.77.